The fourth-order valence-corrected chi connectivity index (χ4v) is 2.57. The van der Waals surface area contributed by atoms with Crippen LogP contribution in [0.2, 0.25) is 0 Å². The average Bonchev–Trinajstić information content (AvgIpc) is 2.51. The van der Waals surface area contributed by atoms with Crippen LogP contribution in [0.5, 0.6) is 0 Å². The summed E-state index contributed by atoms with van der Waals surface area (Å²) in [5.41, 5.74) is 5.77. The summed E-state index contributed by atoms with van der Waals surface area (Å²) < 4.78 is 0. The average molecular weight is 304 g/mol. The highest BCUT2D eigenvalue weighted by molar-refractivity contribution is 5.83. The molecule has 0 aliphatic carbocycles. The second kappa shape index (κ2) is 7.79. The van der Waals surface area contributed by atoms with Crippen LogP contribution in [0.3, 0.4) is 0 Å². The number of fused-ring (bicyclic) bond motifs is 1. The van der Waals surface area contributed by atoms with Gasteiger partial charge >= 0.3 is 0 Å². The molecule has 1 atom stereocenters. The Hall–Kier alpha value is -2.08. The lowest BCUT2D eigenvalue weighted by Crippen LogP contribution is -2.20. The van der Waals surface area contributed by atoms with Gasteiger partial charge in [0.1, 0.15) is 0 Å². The van der Waals surface area contributed by atoms with Crippen LogP contribution in [0.15, 0.2) is 27.8 Å². The van der Waals surface area contributed by atoms with Crippen LogP contribution in [0.4, 0.5) is 5.69 Å². The number of anilines is 1. The summed E-state index contributed by atoms with van der Waals surface area (Å²) >= 11 is 0. The molecule has 1 heterocycles. The van der Waals surface area contributed by atoms with Gasteiger partial charge in [0.25, 0.3) is 11.1 Å². The van der Waals surface area contributed by atoms with E-state index in [0.717, 1.165) is 31.5 Å². The summed E-state index contributed by atoms with van der Waals surface area (Å²) in [7, 11) is 0. The monoisotopic (exact) mass is 304 g/mol. The third-order valence-electron chi connectivity index (χ3n) is 3.80. The zero-order valence-electron chi connectivity index (χ0n) is 12.9. The zero-order valence-corrected chi connectivity index (χ0v) is 12.9. The van der Waals surface area contributed by atoms with E-state index >= 15 is 0 Å². The highest BCUT2D eigenvalue weighted by atomic mass is 16.1. The fourth-order valence-electron chi connectivity index (χ4n) is 2.57. The normalized spacial score (nSPS) is 12.5. The fraction of sp³-hybridized carbons (Fsp3) is 0.500. The van der Waals surface area contributed by atoms with Crippen LogP contribution in [-0.4, -0.2) is 22.8 Å². The molecule has 1 aromatic heterocycles. The van der Waals surface area contributed by atoms with Crippen molar-refractivity contribution in [2.45, 2.75) is 45.1 Å². The van der Waals surface area contributed by atoms with Gasteiger partial charge in [-0.2, -0.15) is 0 Å². The molecule has 0 bridgehead atoms. The smallest absolute Gasteiger partial charge is 0.270 e. The standard InChI is InChI=1S/C16H24N4O2/c1-11(6-4-2-3-5-9-17)18-12-7-8-13-14(10-12)16(22)20-19-15(13)21/h7-8,10-11,18H,2-6,9,17H2,1H3,(H,19,21)(H,20,22). The third kappa shape index (κ3) is 4.21. The Morgan fingerprint density at radius 2 is 1.73 bits per heavy atom. The van der Waals surface area contributed by atoms with E-state index in [-0.39, 0.29) is 11.1 Å². The number of aromatic nitrogens is 2. The van der Waals surface area contributed by atoms with Crippen molar-refractivity contribution < 1.29 is 0 Å². The molecule has 1 aromatic carbocycles. The summed E-state index contributed by atoms with van der Waals surface area (Å²) in [6.07, 6.45) is 5.67. The van der Waals surface area contributed by atoms with E-state index in [1.807, 2.05) is 6.07 Å². The molecular formula is C16H24N4O2. The Bertz CT molecular complexity index is 720. The quantitative estimate of drug-likeness (QED) is 0.559. The third-order valence-corrected chi connectivity index (χ3v) is 3.80. The van der Waals surface area contributed by atoms with Crippen molar-refractivity contribution in [1.82, 2.24) is 10.2 Å². The molecule has 0 aliphatic heterocycles. The van der Waals surface area contributed by atoms with Crippen molar-refractivity contribution in [1.29, 1.82) is 0 Å². The van der Waals surface area contributed by atoms with Crippen molar-refractivity contribution >= 4 is 16.5 Å². The number of unbranched alkanes of at least 4 members (excludes halogenated alkanes) is 3. The largest absolute Gasteiger partial charge is 0.383 e. The van der Waals surface area contributed by atoms with E-state index < -0.39 is 0 Å². The molecule has 5 N–H and O–H groups in total. The van der Waals surface area contributed by atoms with E-state index in [9.17, 15) is 9.59 Å². The molecule has 0 aliphatic rings. The molecular weight excluding hydrogens is 280 g/mol. The van der Waals surface area contributed by atoms with Gasteiger partial charge in [-0.25, -0.2) is 0 Å². The lowest BCUT2D eigenvalue weighted by Gasteiger charge is -2.15. The Morgan fingerprint density at radius 1 is 1.05 bits per heavy atom. The summed E-state index contributed by atoms with van der Waals surface area (Å²) in [5, 5.41) is 8.87. The van der Waals surface area contributed by atoms with Crippen LogP contribution >= 0.6 is 0 Å². The zero-order chi connectivity index (χ0) is 15.9. The Labute approximate surface area is 129 Å². The molecule has 0 radical (unpaired) electrons. The number of nitrogens with one attached hydrogen (secondary N) is 3. The second-order valence-electron chi connectivity index (χ2n) is 5.71. The van der Waals surface area contributed by atoms with Crippen molar-refractivity contribution in [3.05, 3.63) is 38.9 Å². The number of H-pyrrole nitrogens is 2. The SMILES string of the molecule is CC(CCCCCCN)Nc1ccc2c(=O)[nH][nH]c(=O)c2c1. The summed E-state index contributed by atoms with van der Waals surface area (Å²) in [4.78, 5) is 23.4. The van der Waals surface area contributed by atoms with Gasteiger partial charge in [-0.1, -0.05) is 19.3 Å². The lowest BCUT2D eigenvalue weighted by atomic mass is 10.1. The molecule has 0 spiro atoms. The Morgan fingerprint density at radius 3 is 2.45 bits per heavy atom. The molecule has 0 saturated carbocycles. The van der Waals surface area contributed by atoms with Crippen molar-refractivity contribution in [3.63, 3.8) is 0 Å². The lowest BCUT2D eigenvalue weighted by molar-refractivity contribution is 0.585. The number of hydrogen-bond acceptors (Lipinski definition) is 4. The first-order valence-corrected chi connectivity index (χ1v) is 7.83. The van der Waals surface area contributed by atoms with Crippen LogP contribution in [-0.2, 0) is 0 Å². The van der Waals surface area contributed by atoms with Gasteiger partial charge in [0.05, 0.1) is 10.8 Å². The highest BCUT2D eigenvalue weighted by Crippen LogP contribution is 2.16. The number of rotatable bonds is 8. The molecule has 22 heavy (non-hydrogen) atoms. The molecule has 6 heteroatoms. The van der Waals surface area contributed by atoms with Gasteiger partial charge in [-0.3, -0.25) is 19.8 Å². The molecule has 2 aromatic rings. The Balaban J connectivity index is 1.98. The van der Waals surface area contributed by atoms with Crippen molar-refractivity contribution in [3.8, 4) is 0 Å². The number of hydrogen-bond donors (Lipinski definition) is 4. The van der Waals surface area contributed by atoms with E-state index in [1.54, 1.807) is 12.1 Å². The minimum atomic E-state index is -0.285. The topological polar surface area (TPSA) is 104 Å². The maximum atomic E-state index is 11.8. The van der Waals surface area contributed by atoms with Crippen LogP contribution < -0.4 is 22.2 Å². The number of nitrogens with two attached hydrogens (primary N) is 1. The van der Waals surface area contributed by atoms with E-state index in [4.69, 9.17) is 5.73 Å². The van der Waals surface area contributed by atoms with E-state index in [2.05, 4.69) is 22.4 Å². The molecule has 6 nitrogen and oxygen atoms in total. The second-order valence-corrected chi connectivity index (χ2v) is 5.71. The molecule has 0 fully saturated rings. The minimum absolute atomic E-state index is 0.283. The summed E-state index contributed by atoms with van der Waals surface area (Å²) in [6, 6.07) is 5.56. The van der Waals surface area contributed by atoms with Gasteiger partial charge in [0.15, 0.2) is 0 Å². The maximum absolute atomic E-state index is 11.8. The highest BCUT2D eigenvalue weighted by Gasteiger charge is 2.06. The molecule has 0 amide bonds. The summed E-state index contributed by atoms with van der Waals surface area (Å²) in [6.45, 7) is 2.88. The predicted molar refractivity (Wildman–Crippen MR) is 90.4 cm³/mol. The molecule has 0 saturated heterocycles. The van der Waals surface area contributed by atoms with Crippen LogP contribution in [0.25, 0.3) is 10.8 Å². The van der Waals surface area contributed by atoms with E-state index in [1.165, 1.54) is 12.8 Å². The molecule has 2 rings (SSSR count). The van der Waals surface area contributed by atoms with Gasteiger partial charge in [0, 0.05) is 11.7 Å². The first-order valence-electron chi connectivity index (χ1n) is 7.83. The van der Waals surface area contributed by atoms with Crippen molar-refractivity contribution in [2.75, 3.05) is 11.9 Å². The summed E-state index contributed by atoms with van der Waals surface area (Å²) in [5.74, 6) is 0. The molecule has 120 valence electrons. The van der Waals surface area contributed by atoms with Gasteiger partial charge in [0.2, 0.25) is 0 Å². The Kier molecular flexibility index (Phi) is 5.77. The maximum Gasteiger partial charge on any atom is 0.270 e. The van der Waals surface area contributed by atoms with Crippen LogP contribution in [0.1, 0.15) is 39.0 Å². The molecule has 1 unspecified atom stereocenters. The minimum Gasteiger partial charge on any atom is -0.383 e. The van der Waals surface area contributed by atoms with Gasteiger partial charge in [-0.05, 0) is 44.5 Å². The van der Waals surface area contributed by atoms with Gasteiger partial charge < -0.3 is 11.1 Å². The predicted octanol–water partition coefficient (Wildman–Crippen LogP) is 1.93. The number of aromatic amines is 2. The van der Waals surface area contributed by atoms with Crippen LogP contribution in [0, 0.1) is 0 Å². The number of benzene rings is 1. The first-order chi connectivity index (χ1) is 10.6. The first kappa shape index (κ1) is 16.3. The van der Waals surface area contributed by atoms with Gasteiger partial charge in [-0.15, -0.1) is 0 Å². The van der Waals surface area contributed by atoms with E-state index in [0.29, 0.717) is 16.8 Å². The van der Waals surface area contributed by atoms with Crippen molar-refractivity contribution in [2.24, 2.45) is 5.73 Å².